The summed E-state index contributed by atoms with van der Waals surface area (Å²) >= 11 is 0. The SMILES string of the molecule is COC[C@@H]1CN(C(=O)Nc2ccccc2-c2ccccc2)CCO1. The lowest BCUT2D eigenvalue weighted by Crippen LogP contribution is -2.48. The molecule has 0 aliphatic carbocycles. The number of benzene rings is 2. The quantitative estimate of drug-likeness (QED) is 0.938. The van der Waals surface area contributed by atoms with E-state index < -0.39 is 0 Å². The lowest BCUT2D eigenvalue weighted by Gasteiger charge is -2.32. The Bertz CT molecular complexity index is 673. The summed E-state index contributed by atoms with van der Waals surface area (Å²) in [4.78, 5) is 14.4. The van der Waals surface area contributed by atoms with Gasteiger partial charge in [0.25, 0.3) is 0 Å². The van der Waals surface area contributed by atoms with E-state index in [1.54, 1.807) is 12.0 Å². The number of carbonyl (C=O) groups excluding carboxylic acids is 1. The van der Waals surface area contributed by atoms with Gasteiger partial charge in [0, 0.05) is 19.2 Å². The first-order valence-corrected chi connectivity index (χ1v) is 8.09. The predicted octanol–water partition coefficient (Wildman–Crippen LogP) is 3.23. The van der Waals surface area contributed by atoms with Crippen molar-refractivity contribution in [3.63, 3.8) is 0 Å². The molecular weight excluding hydrogens is 304 g/mol. The lowest BCUT2D eigenvalue weighted by molar-refractivity contribution is -0.0481. The van der Waals surface area contributed by atoms with Crippen LogP contribution in [0.3, 0.4) is 0 Å². The van der Waals surface area contributed by atoms with E-state index in [2.05, 4.69) is 5.32 Å². The topological polar surface area (TPSA) is 50.8 Å². The zero-order chi connectivity index (χ0) is 16.8. The van der Waals surface area contributed by atoms with Gasteiger partial charge < -0.3 is 19.7 Å². The molecule has 1 fully saturated rings. The Hall–Kier alpha value is -2.37. The summed E-state index contributed by atoms with van der Waals surface area (Å²) in [5.74, 6) is 0. The molecule has 0 radical (unpaired) electrons. The van der Waals surface area contributed by atoms with E-state index in [-0.39, 0.29) is 12.1 Å². The van der Waals surface area contributed by atoms with Gasteiger partial charge >= 0.3 is 6.03 Å². The van der Waals surface area contributed by atoms with Crippen LogP contribution in [0.4, 0.5) is 10.5 Å². The van der Waals surface area contributed by atoms with E-state index in [1.807, 2.05) is 54.6 Å². The summed E-state index contributed by atoms with van der Waals surface area (Å²) < 4.78 is 10.7. The second kappa shape index (κ2) is 7.95. The Morgan fingerprint density at radius 3 is 2.75 bits per heavy atom. The monoisotopic (exact) mass is 326 g/mol. The summed E-state index contributed by atoms with van der Waals surface area (Å²) in [6, 6.07) is 17.8. The number of para-hydroxylation sites is 1. The molecule has 126 valence electrons. The van der Waals surface area contributed by atoms with Gasteiger partial charge in [-0.15, -0.1) is 0 Å². The fourth-order valence-electron chi connectivity index (χ4n) is 2.85. The molecule has 1 aliphatic heterocycles. The highest BCUT2D eigenvalue weighted by molar-refractivity contribution is 5.94. The van der Waals surface area contributed by atoms with Gasteiger partial charge in [-0.25, -0.2) is 4.79 Å². The third-order valence-electron chi connectivity index (χ3n) is 4.03. The molecule has 0 aromatic heterocycles. The number of nitrogens with one attached hydrogen (secondary N) is 1. The van der Waals surface area contributed by atoms with E-state index in [1.165, 1.54) is 0 Å². The molecule has 1 aliphatic rings. The summed E-state index contributed by atoms with van der Waals surface area (Å²) in [6.45, 7) is 2.14. The van der Waals surface area contributed by atoms with Crippen LogP contribution in [0.2, 0.25) is 0 Å². The van der Waals surface area contributed by atoms with Crippen molar-refractivity contribution in [2.75, 3.05) is 38.7 Å². The first-order chi connectivity index (χ1) is 11.8. The molecule has 0 spiro atoms. The molecule has 1 heterocycles. The van der Waals surface area contributed by atoms with Gasteiger partial charge in [-0.1, -0.05) is 48.5 Å². The van der Waals surface area contributed by atoms with Crippen LogP contribution in [0.15, 0.2) is 54.6 Å². The Morgan fingerprint density at radius 1 is 1.21 bits per heavy atom. The Kier molecular flexibility index (Phi) is 5.46. The van der Waals surface area contributed by atoms with Gasteiger partial charge in [0.05, 0.1) is 31.5 Å². The summed E-state index contributed by atoms with van der Waals surface area (Å²) in [6.07, 6.45) is -0.0705. The van der Waals surface area contributed by atoms with Crippen molar-refractivity contribution < 1.29 is 14.3 Å². The molecule has 0 bridgehead atoms. The molecule has 1 atom stereocenters. The highest BCUT2D eigenvalue weighted by Gasteiger charge is 2.24. The van der Waals surface area contributed by atoms with Gasteiger partial charge in [0.15, 0.2) is 0 Å². The van der Waals surface area contributed by atoms with E-state index in [0.29, 0.717) is 26.3 Å². The van der Waals surface area contributed by atoms with Gasteiger partial charge in [-0.05, 0) is 11.6 Å². The minimum absolute atomic E-state index is 0.0705. The fourth-order valence-corrected chi connectivity index (χ4v) is 2.85. The molecule has 1 N–H and O–H groups in total. The normalized spacial score (nSPS) is 17.5. The third kappa shape index (κ3) is 3.93. The largest absolute Gasteiger partial charge is 0.382 e. The standard InChI is InChI=1S/C19H22N2O3/c1-23-14-16-13-21(11-12-24-16)19(22)20-18-10-6-5-9-17(18)15-7-3-2-4-8-15/h2-10,16H,11-14H2,1H3,(H,20,22)/t16-/m0/s1. The molecule has 1 saturated heterocycles. The molecule has 24 heavy (non-hydrogen) atoms. The molecule has 2 amide bonds. The van der Waals surface area contributed by atoms with Crippen molar-refractivity contribution >= 4 is 11.7 Å². The highest BCUT2D eigenvalue weighted by Crippen LogP contribution is 2.27. The highest BCUT2D eigenvalue weighted by atomic mass is 16.5. The van der Waals surface area contributed by atoms with Crippen molar-refractivity contribution in [1.29, 1.82) is 0 Å². The minimum atomic E-state index is -0.109. The molecule has 0 saturated carbocycles. The molecule has 2 aromatic rings. The Morgan fingerprint density at radius 2 is 1.96 bits per heavy atom. The number of nitrogens with zero attached hydrogens (tertiary/aromatic N) is 1. The van der Waals surface area contributed by atoms with Crippen LogP contribution in [0.5, 0.6) is 0 Å². The first-order valence-electron chi connectivity index (χ1n) is 8.09. The maximum Gasteiger partial charge on any atom is 0.322 e. The predicted molar refractivity (Wildman–Crippen MR) is 94.1 cm³/mol. The van der Waals surface area contributed by atoms with Crippen LogP contribution in [0, 0.1) is 0 Å². The maximum atomic E-state index is 12.6. The number of urea groups is 1. The molecule has 5 heteroatoms. The minimum Gasteiger partial charge on any atom is -0.382 e. The summed E-state index contributed by atoms with van der Waals surface area (Å²) in [7, 11) is 1.64. The van der Waals surface area contributed by atoms with E-state index >= 15 is 0 Å². The van der Waals surface area contributed by atoms with Gasteiger partial charge in [-0.2, -0.15) is 0 Å². The molecule has 3 rings (SSSR count). The van der Waals surface area contributed by atoms with Crippen LogP contribution in [0.25, 0.3) is 11.1 Å². The third-order valence-corrected chi connectivity index (χ3v) is 4.03. The number of morpholine rings is 1. The average molecular weight is 326 g/mol. The second-order valence-electron chi connectivity index (χ2n) is 5.74. The van der Waals surface area contributed by atoms with Gasteiger partial charge in [0.1, 0.15) is 0 Å². The zero-order valence-corrected chi connectivity index (χ0v) is 13.8. The molecule has 0 unspecified atom stereocenters. The number of carbonyl (C=O) groups is 1. The smallest absolute Gasteiger partial charge is 0.322 e. The van der Waals surface area contributed by atoms with E-state index in [4.69, 9.17) is 9.47 Å². The van der Waals surface area contributed by atoms with Gasteiger partial charge in [0.2, 0.25) is 0 Å². The molecule has 5 nitrogen and oxygen atoms in total. The van der Waals surface area contributed by atoms with Crippen molar-refractivity contribution in [3.8, 4) is 11.1 Å². The number of amides is 2. The summed E-state index contributed by atoms with van der Waals surface area (Å²) in [5, 5.41) is 3.03. The van der Waals surface area contributed by atoms with Crippen molar-refractivity contribution in [2.24, 2.45) is 0 Å². The molecule has 2 aromatic carbocycles. The second-order valence-corrected chi connectivity index (χ2v) is 5.74. The summed E-state index contributed by atoms with van der Waals surface area (Å²) in [5.41, 5.74) is 2.89. The number of hydrogen-bond donors (Lipinski definition) is 1. The van der Waals surface area contributed by atoms with Crippen LogP contribution < -0.4 is 5.32 Å². The lowest BCUT2D eigenvalue weighted by atomic mass is 10.0. The number of rotatable bonds is 4. The fraction of sp³-hybridized carbons (Fsp3) is 0.316. The van der Waals surface area contributed by atoms with Crippen molar-refractivity contribution in [2.45, 2.75) is 6.10 Å². The van der Waals surface area contributed by atoms with E-state index in [9.17, 15) is 4.79 Å². The van der Waals surface area contributed by atoms with Gasteiger partial charge in [-0.3, -0.25) is 0 Å². The van der Waals surface area contributed by atoms with Crippen LogP contribution in [0.1, 0.15) is 0 Å². The first kappa shape index (κ1) is 16.5. The van der Waals surface area contributed by atoms with Crippen molar-refractivity contribution in [3.05, 3.63) is 54.6 Å². The Balaban J connectivity index is 1.73. The number of ether oxygens (including phenoxy) is 2. The van der Waals surface area contributed by atoms with Crippen LogP contribution in [-0.4, -0.2) is 50.4 Å². The Labute approximate surface area is 142 Å². The zero-order valence-electron chi connectivity index (χ0n) is 13.8. The van der Waals surface area contributed by atoms with Crippen LogP contribution in [-0.2, 0) is 9.47 Å². The van der Waals surface area contributed by atoms with Crippen molar-refractivity contribution in [1.82, 2.24) is 4.90 Å². The number of methoxy groups -OCH3 is 1. The number of hydrogen-bond acceptors (Lipinski definition) is 3. The average Bonchev–Trinajstić information content (AvgIpc) is 2.63. The molecular formula is C19H22N2O3. The number of anilines is 1. The maximum absolute atomic E-state index is 12.6. The van der Waals surface area contributed by atoms with E-state index in [0.717, 1.165) is 16.8 Å². The van der Waals surface area contributed by atoms with Crippen LogP contribution >= 0.6 is 0 Å².